The molecule has 10 heteroatoms. The number of nitrogens with zero attached hydrogens (tertiary/aromatic N) is 3. The van der Waals surface area contributed by atoms with E-state index in [9.17, 15) is 4.79 Å². The Morgan fingerprint density at radius 2 is 1.68 bits per heavy atom. The normalized spacial score (nSPS) is 14.4. The summed E-state index contributed by atoms with van der Waals surface area (Å²) in [5.74, 6) is 2.04. The van der Waals surface area contributed by atoms with E-state index in [-0.39, 0.29) is 5.91 Å². The quantitative estimate of drug-likeness (QED) is 0.161. The average Bonchev–Trinajstić information content (AvgIpc) is 3.51. The van der Waals surface area contributed by atoms with Crippen molar-refractivity contribution in [1.82, 2.24) is 19.9 Å². The van der Waals surface area contributed by atoms with Crippen molar-refractivity contribution in [3.63, 3.8) is 0 Å². The third-order valence-corrected chi connectivity index (χ3v) is 8.15. The molecule has 214 valence electrons. The Bertz CT molecular complexity index is 1460. The minimum absolute atomic E-state index is 0.120. The van der Waals surface area contributed by atoms with E-state index in [1.54, 1.807) is 12.1 Å². The van der Waals surface area contributed by atoms with E-state index in [0.29, 0.717) is 58.1 Å². The Labute approximate surface area is 255 Å². The monoisotopic (exact) mass is 610 g/mol. The first kappa shape index (κ1) is 29.2. The Morgan fingerprint density at radius 1 is 0.902 bits per heavy atom. The largest absolute Gasteiger partial charge is 0.366 e. The van der Waals surface area contributed by atoms with Crippen LogP contribution in [0.25, 0.3) is 5.82 Å². The van der Waals surface area contributed by atoms with Crippen LogP contribution in [0.3, 0.4) is 0 Å². The van der Waals surface area contributed by atoms with Gasteiger partial charge in [0.05, 0.1) is 0 Å². The van der Waals surface area contributed by atoms with Gasteiger partial charge in [0.15, 0.2) is 0 Å². The maximum absolute atomic E-state index is 13.6. The molecule has 0 spiro atoms. The van der Waals surface area contributed by atoms with Gasteiger partial charge in [-0.05, 0) is 59.9 Å². The second kappa shape index (κ2) is 14.1. The van der Waals surface area contributed by atoms with Crippen LogP contribution in [0.4, 0.5) is 11.8 Å². The minimum atomic E-state index is -0.509. The summed E-state index contributed by atoms with van der Waals surface area (Å²) in [6.45, 7) is 0.838. The number of carbonyl (C=O) groups excluding carboxylic acids is 1. The molecule has 1 amide bonds. The molecule has 2 heterocycles. The topological polar surface area (TPSA) is 83.9 Å². The lowest BCUT2D eigenvalue weighted by atomic mass is 9.84. The maximum atomic E-state index is 13.6. The number of aromatic nitrogens is 3. The van der Waals surface area contributed by atoms with Crippen molar-refractivity contribution < 1.29 is 4.79 Å². The maximum Gasteiger partial charge on any atom is 0.242 e. The molecule has 0 bridgehead atoms. The second-order valence-electron chi connectivity index (χ2n) is 10.4. The first-order chi connectivity index (χ1) is 19.9. The summed E-state index contributed by atoms with van der Waals surface area (Å²) in [6, 6.07) is 18.2. The highest BCUT2D eigenvalue weighted by Gasteiger charge is 2.26. The molecule has 2 aromatic heterocycles. The highest BCUT2D eigenvalue weighted by Crippen LogP contribution is 2.29. The molecule has 1 saturated carbocycles. The van der Waals surface area contributed by atoms with Gasteiger partial charge in [-0.1, -0.05) is 85.1 Å². The van der Waals surface area contributed by atoms with E-state index in [4.69, 9.17) is 44.8 Å². The van der Waals surface area contributed by atoms with Gasteiger partial charge < -0.3 is 20.5 Å². The van der Waals surface area contributed by atoms with Gasteiger partial charge in [-0.25, -0.2) is 0 Å². The molecule has 2 aromatic carbocycles. The standard InChI is InChI=1S/C31H33Cl3N6O/c32-24-10-6-9-22(15-24)19-35-28-18-29(40-13-4-5-14-40)39-31(38-28)37-27(16-21-7-2-1-3-8-21)30(41)36-20-23-11-12-25(33)17-26(23)34/h4-6,9-15,17-18,21,27H,1-3,7-8,16,19-20H2,(H,36,41)(H2,35,37,38,39). The van der Waals surface area contributed by atoms with Gasteiger partial charge in [-0.15, -0.1) is 0 Å². The molecular weight excluding hydrogens is 579 g/mol. The molecular formula is C31H33Cl3N6O. The fraction of sp³-hybridized carbons (Fsp3) is 0.323. The number of benzene rings is 2. The number of amides is 1. The molecule has 1 atom stereocenters. The second-order valence-corrected chi connectivity index (χ2v) is 11.7. The molecule has 1 aliphatic rings. The van der Waals surface area contributed by atoms with Crippen molar-refractivity contribution in [2.45, 2.75) is 57.7 Å². The molecule has 0 aliphatic heterocycles. The number of anilines is 2. The van der Waals surface area contributed by atoms with Crippen LogP contribution in [0.1, 0.15) is 49.7 Å². The zero-order valence-electron chi connectivity index (χ0n) is 22.6. The molecule has 0 saturated heterocycles. The zero-order valence-corrected chi connectivity index (χ0v) is 24.9. The fourth-order valence-corrected chi connectivity index (χ4v) is 5.85. The van der Waals surface area contributed by atoms with Crippen LogP contribution >= 0.6 is 34.8 Å². The first-order valence-electron chi connectivity index (χ1n) is 13.9. The van der Waals surface area contributed by atoms with E-state index in [0.717, 1.165) is 24.0 Å². The lowest BCUT2D eigenvalue weighted by molar-refractivity contribution is -0.122. The average molecular weight is 612 g/mol. The molecule has 5 rings (SSSR count). The van der Waals surface area contributed by atoms with E-state index < -0.39 is 6.04 Å². The fourth-order valence-electron chi connectivity index (χ4n) is 5.16. The lowest BCUT2D eigenvalue weighted by Crippen LogP contribution is -2.41. The highest BCUT2D eigenvalue weighted by molar-refractivity contribution is 6.35. The predicted molar refractivity (Wildman–Crippen MR) is 167 cm³/mol. The number of hydrogen-bond acceptors (Lipinski definition) is 5. The van der Waals surface area contributed by atoms with Crippen molar-refractivity contribution in [1.29, 1.82) is 0 Å². The first-order valence-corrected chi connectivity index (χ1v) is 15.1. The molecule has 0 radical (unpaired) electrons. The van der Waals surface area contributed by atoms with Crippen molar-refractivity contribution in [2.75, 3.05) is 10.6 Å². The minimum Gasteiger partial charge on any atom is -0.366 e. The third-order valence-electron chi connectivity index (χ3n) is 7.33. The van der Waals surface area contributed by atoms with Crippen LogP contribution in [0.2, 0.25) is 15.1 Å². The zero-order chi connectivity index (χ0) is 28.6. The van der Waals surface area contributed by atoms with Crippen LogP contribution in [0.15, 0.2) is 73.1 Å². The molecule has 41 heavy (non-hydrogen) atoms. The van der Waals surface area contributed by atoms with Crippen molar-refractivity contribution in [2.24, 2.45) is 5.92 Å². The van der Waals surface area contributed by atoms with Crippen LogP contribution in [-0.2, 0) is 17.9 Å². The Kier molecular flexibility index (Phi) is 10.0. The SMILES string of the molecule is O=C(NCc1ccc(Cl)cc1Cl)C(CC1CCCCC1)Nc1nc(NCc2cccc(Cl)c2)cc(-n2cccc2)n1. The Morgan fingerprint density at radius 3 is 2.44 bits per heavy atom. The number of halogens is 3. The van der Waals surface area contributed by atoms with Gasteiger partial charge in [0.2, 0.25) is 11.9 Å². The van der Waals surface area contributed by atoms with Gasteiger partial charge in [0.25, 0.3) is 0 Å². The van der Waals surface area contributed by atoms with E-state index >= 15 is 0 Å². The summed E-state index contributed by atoms with van der Waals surface area (Å²) in [5.41, 5.74) is 1.84. The van der Waals surface area contributed by atoms with Crippen LogP contribution in [0.5, 0.6) is 0 Å². The van der Waals surface area contributed by atoms with E-state index in [2.05, 4.69) is 16.0 Å². The van der Waals surface area contributed by atoms with Crippen LogP contribution in [0, 0.1) is 5.92 Å². The van der Waals surface area contributed by atoms with Crippen molar-refractivity contribution in [3.05, 3.63) is 99.3 Å². The van der Waals surface area contributed by atoms with Gasteiger partial charge >= 0.3 is 0 Å². The smallest absolute Gasteiger partial charge is 0.242 e. The molecule has 3 N–H and O–H groups in total. The van der Waals surface area contributed by atoms with Gasteiger partial charge in [-0.2, -0.15) is 9.97 Å². The molecule has 7 nitrogen and oxygen atoms in total. The van der Waals surface area contributed by atoms with E-state index in [1.807, 2.05) is 65.5 Å². The summed E-state index contributed by atoms with van der Waals surface area (Å²) in [6.07, 6.45) is 10.4. The summed E-state index contributed by atoms with van der Waals surface area (Å²) >= 11 is 18.6. The Hall–Kier alpha value is -3.26. The molecule has 1 aliphatic carbocycles. The summed E-state index contributed by atoms with van der Waals surface area (Å²) in [7, 11) is 0. The Balaban J connectivity index is 1.37. The molecule has 1 unspecified atom stereocenters. The summed E-state index contributed by atoms with van der Waals surface area (Å²) < 4.78 is 1.91. The number of nitrogens with one attached hydrogen (secondary N) is 3. The number of rotatable bonds is 11. The van der Waals surface area contributed by atoms with Crippen molar-refractivity contribution in [3.8, 4) is 5.82 Å². The van der Waals surface area contributed by atoms with Crippen LogP contribution < -0.4 is 16.0 Å². The third kappa shape index (κ3) is 8.38. The number of hydrogen-bond donors (Lipinski definition) is 3. The predicted octanol–water partition coefficient (Wildman–Crippen LogP) is 7.91. The lowest BCUT2D eigenvalue weighted by Gasteiger charge is -2.27. The molecule has 4 aromatic rings. The van der Waals surface area contributed by atoms with Crippen LogP contribution in [-0.4, -0.2) is 26.5 Å². The number of carbonyl (C=O) groups is 1. The van der Waals surface area contributed by atoms with Gasteiger partial charge in [-0.3, -0.25) is 4.79 Å². The van der Waals surface area contributed by atoms with Gasteiger partial charge in [0, 0.05) is 46.6 Å². The molecule has 1 fully saturated rings. The summed E-state index contributed by atoms with van der Waals surface area (Å²) in [4.78, 5) is 23.1. The van der Waals surface area contributed by atoms with Gasteiger partial charge in [0.1, 0.15) is 17.7 Å². The van der Waals surface area contributed by atoms with Crippen molar-refractivity contribution >= 4 is 52.5 Å². The highest BCUT2D eigenvalue weighted by atomic mass is 35.5. The van der Waals surface area contributed by atoms with E-state index in [1.165, 1.54) is 19.3 Å². The summed E-state index contributed by atoms with van der Waals surface area (Å²) in [5, 5.41) is 11.6.